The summed E-state index contributed by atoms with van der Waals surface area (Å²) < 4.78 is 26.7. The Morgan fingerprint density at radius 2 is 1.82 bits per heavy atom. The number of aliphatic carboxylic acids is 1. The minimum absolute atomic E-state index is 0.122. The molecule has 0 aliphatic rings. The van der Waals surface area contributed by atoms with E-state index in [1.807, 2.05) is 6.07 Å². The third-order valence-corrected chi connectivity index (χ3v) is 4.04. The fraction of sp³-hybridized carbons (Fsp3) is 0.0625. The minimum atomic E-state index is -3.53. The highest BCUT2D eigenvalue weighted by Crippen LogP contribution is 2.15. The minimum Gasteiger partial charge on any atom is -0.478 e. The van der Waals surface area contributed by atoms with Crippen LogP contribution in [0.1, 0.15) is 11.1 Å². The second-order valence-electron chi connectivity index (χ2n) is 4.64. The van der Waals surface area contributed by atoms with Crippen molar-refractivity contribution in [3.05, 3.63) is 71.8 Å². The largest absolute Gasteiger partial charge is 0.478 e. The van der Waals surface area contributed by atoms with Crippen LogP contribution in [-0.4, -0.2) is 19.5 Å². The number of rotatable bonds is 6. The summed E-state index contributed by atoms with van der Waals surface area (Å²) in [5.41, 5.74) is 1.68. The molecule has 0 saturated carbocycles. The summed E-state index contributed by atoms with van der Waals surface area (Å²) >= 11 is 0. The molecule has 0 radical (unpaired) electrons. The van der Waals surface area contributed by atoms with Crippen LogP contribution in [0.3, 0.4) is 0 Å². The van der Waals surface area contributed by atoms with Crippen molar-refractivity contribution in [2.75, 3.05) is 4.72 Å². The molecular formula is C16H15NO4S. The zero-order valence-corrected chi connectivity index (χ0v) is 12.5. The van der Waals surface area contributed by atoms with Gasteiger partial charge in [0, 0.05) is 11.8 Å². The maximum Gasteiger partial charge on any atom is 0.328 e. The van der Waals surface area contributed by atoms with Crippen LogP contribution in [0.4, 0.5) is 5.69 Å². The molecule has 0 aliphatic carbocycles. The zero-order valence-electron chi connectivity index (χ0n) is 11.6. The molecule has 114 valence electrons. The number of anilines is 1. The first kappa shape index (κ1) is 15.8. The predicted octanol–water partition coefficient (Wildman–Crippen LogP) is 2.73. The van der Waals surface area contributed by atoms with E-state index in [2.05, 4.69) is 4.72 Å². The Bertz CT molecular complexity index is 783. The molecule has 6 heteroatoms. The van der Waals surface area contributed by atoms with E-state index in [1.54, 1.807) is 48.5 Å². The number of nitrogens with one attached hydrogen (secondary N) is 1. The van der Waals surface area contributed by atoms with E-state index in [4.69, 9.17) is 5.11 Å². The van der Waals surface area contributed by atoms with Crippen LogP contribution in [0.15, 0.2) is 60.7 Å². The lowest BCUT2D eigenvalue weighted by Crippen LogP contribution is -2.15. The normalized spacial score (nSPS) is 11.5. The van der Waals surface area contributed by atoms with Crippen molar-refractivity contribution < 1.29 is 18.3 Å². The third kappa shape index (κ3) is 5.06. The van der Waals surface area contributed by atoms with Gasteiger partial charge < -0.3 is 5.11 Å². The highest BCUT2D eigenvalue weighted by Gasteiger charge is 2.11. The van der Waals surface area contributed by atoms with Gasteiger partial charge in [-0.3, -0.25) is 4.72 Å². The molecule has 2 aromatic rings. The van der Waals surface area contributed by atoms with E-state index in [1.165, 1.54) is 6.08 Å². The van der Waals surface area contributed by atoms with Crippen molar-refractivity contribution in [1.29, 1.82) is 0 Å². The average molecular weight is 317 g/mol. The first-order chi connectivity index (χ1) is 10.4. The number of benzene rings is 2. The van der Waals surface area contributed by atoms with Gasteiger partial charge in [0.15, 0.2) is 0 Å². The van der Waals surface area contributed by atoms with E-state index < -0.39 is 16.0 Å². The molecule has 0 amide bonds. The van der Waals surface area contributed by atoms with Crippen molar-refractivity contribution in [3.63, 3.8) is 0 Å². The Morgan fingerprint density at radius 3 is 2.50 bits per heavy atom. The lowest BCUT2D eigenvalue weighted by atomic mass is 10.2. The molecule has 0 aromatic heterocycles. The first-order valence-electron chi connectivity index (χ1n) is 6.50. The monoisotopic (exact) mass is 317 g/mol. The fourth-order valence-corrected chi connectivity index (χ4v) is 3.07. The SMILES string of the molecule is O=C(O)/C=C/c1cccc(NS(=O)(=O)Cc2ccccc2)c1. The summed E-state index contributed by atoms with van der Waals surface area (Å²) in [4.78, 5) is 10.5. The van der Waals surface area contributed by atoms with Crippen molar-refractivity contribution in [3.8, 4) is 0 Å². The van der Waals surface area contributed by atoms with Gasteiger partial charge >= 0.3 is 5.97 Å². The highest BCUT2D eigenvalue weighted by molar-refractivity contribution is 7.91. The number of carboxylic acids is 1. The Labute approximate surface area is 129 Å². The lowest BCUT2D eigenvalue weighted by Gasteiger charge is -2.08. The van der Waals surface area contributed by atoms with Crippen molar-refractivity contribution in [2.24, 2.45) is 0 Å². The van der Waals surface area contributed by atoms with E-state index in [-0.39, 0.29) is 5.75 Å². The molecule has 2 N–H and O–H groups in total. The molecule has 0 aliphatic heterocycles. The van der Waals surface area contributed by atoms with Crippen LogP contribution in [0.2, 0.25) is 0 Å². The Morgan fingerprint density at radius 1 is 1.09 bits per heavy atom. The number of carboxylic acid groups (broad SMARTS) is 1. The third-order valence-electron chi connectivity index (χ3n) is 2.78. The van der Waals surface area contributed by atoms with Crippen molar-refractivity contribution in [1.82, 2.24) is 0 Å². The summed E-state index contributed by atoms with van der Waals surface area (Å²) in [5.74, 6) is -1.18. The van der Waals surface area contributed by atoms with Crippen molar-refractivity contribution in [2.45, 2.75) is 5.75 Å². The van der Waals surface area contributed by atoms with E-state index in [0.29, 0.717) is 16.8 Å². The number of carbonyl (C=O) groups is 1. The van der Waals surface area contributed by atoms with Gasteiger partial charge in [0.05, 0.1) is 5.75 Å². The van der Waals surface area contributed by atoms with Crippen LogP contribution >= 0.6 is 0 Å². The molecular weight excluding hydrogens is 302 g/mol. The molecule has 5 nitrogen and oxygen atoms in total. The van der Waals surface area contributed by atoms with Gasteiger partial charge in [0.1, 0.15) is 0 Å². The Hall–Kier alpha value is -2.60. The molecule has 0 unspecified atom stereocenters. The predicted molar refractivity (Wildman–Crippen MR) is 85.8 cm³/mol. The Balaban J connectivity index is 2.12. The fourth-order valence-electron chi connectivity index (χ4n) is 1.88. The van der Waals surface area contributed by atoms with Gasteiger partial charge in [-0.2, -0.15) is 0 Å². The van der Waals surface area contributed by atoms with E-state index in [0.717, 1.165) is 6.08 Å². The van der Waals surface area contributed by atoms with Gasteiger partial charge in [-0.15, -0.1) is 0 Å². The smallest absolute Gasteiger partial charge is 0.328 e. The zero-order chi connectivity index (χ0) is 16.0. The first-order valence-corrected chi connectivity index (χ1v) is 8.15. The van der Waals surface area contributed by atoms with E-state index >= 15 is 0 Å². The molecule has 2 rings (SSSR count). The summed E-state index contributed by atoms with van der Waals surface area (Å²) in [6, 6.07) is 15.4. The second-order valence-corrected chi connectivity index (χ2v) is 6.37. The van der Waals surface area contributed by atoms with Crippen LogP contribution in [-0.2, 0) is 20.6 Å². The quantitative estimate of drug-likeness (QED) is 0.802. The summed E-state index contributed by atoms with van der Waals surface area (Å²) in [6.45, 7) is 0. The van der Waals surface area contributed by atoms with Crippen LogP contribution < -0.4 is 4.72 Å². The van der Waals surface area contributed by atoms with Gasteiger partial charge in [0.25, 0.3) is 0 Å². The molecule has 0 saturated heterocycles. The average Bonchev–Trinajstić information content (AvgIpc) is 2.45. The van der Waals surface area contributed by atoms with E-state index in [9.17, 15) is 13.2 Å². The summed E-state index contributed by atoms with van der Waals surface area (Å²) in [5, 5.41) is 8.60. The van der Waals surface area contributed by atoms with Gasteiger partial charge in [-0.1, -0.05) is 42.5 Å². The molecule has 0 heterocycles. The van der Waals surface area contributed by atoms with Crippen LogP contribution in [0.5, 0.6) is 0 Å². The highest BCUT2D eigenvalue weighted by atomic mass is 32.2. The maximum atomic E-state index is 12.1. The van der Waals surface area contributed by atoms with Gasteiger partial charge in [0.2, 0.25) is 10.0 Å². The topological polar surface area (TPSA) is 83.5 Å². The standard InChI is InChI=1S/C16H15NO4S/c18-16(19)10-9-13-7-4-8-15(11-13)17-22(20,21)12-14-5-2-1-3-6-14/h1-11,17H,12H2,(H,18,19)/b10-9+. The van der Waals surface area contributed by atoms with Gasteiger partial charge in [-0.25, -0.2) is 13.2 Å². The number of hydrogen-bond donors (Lipinski definition) is 2. The van der Waals surface area contributed by atoms with Crippen molar-refractivity contribution >= 4 is 27.8 Å². The number of hydrogen-bond acceptors (Lipinski definition) is 3. The summed E-state index contributed by atoms with van der Waals surface area (Å²) in [7, 11) is -3.53. The molecule has 0 atom stereocenters. The van der Waals surface area contributed by atoms with Crippen LogP contribution in [0, 0.1) is 0 Å². The lowest BCUT2D eigenvalue weighted by molar-refractivity contribution is -0.131. The molecule has 0 spiro atoms. The molecule has 0 bridgehead atoms. The molecule has 0 fully saturated rings. The second kappa shape index (κ2) is 6.91. The Kier molecular flexibility index (Phi) is 4.95. The molecule has 22 heavy (non-hydrogen) atoms. The maximum absolute atomic E-state index is 12.1. The van der Waals surface area contributed by atoms with Crippen LogP contribution in [0.25, 0.3) is 6.08 Å². The van der Waals surface area contributed by atoms with Gasteiger partial charge in [-0.05, 0) is 29.3 Å². The molecule has 2 aromatic carbocycles. The summed E-state index contributed by atoms with van der Waals surface area (Å²) in [6.07, 6.45) is 2.40. The number of sulfonamides is 1.